The zero-order valence-corrected chi connectivity index (χ0v) is 18.2. The molecule has 1 amide bonds. The van der Waals surface area contributed by atoms with Crippen molar-refractivity contribution in [1.29, 1.82) is 0 Å². The summed E-state index contributed by atoms with van der Waals surface area (Å²) < 4.78 is 28.1. The molecule has 154 valence electrons. The first-order valence-corrected chi connectivity index (χ1v) is 12.4. The lowest BCUT2D eigenvalue weighted by molar-refractivity contribution is 0.0679. The first-order chi connectivity index (χ1) is 14.5. The molecule has 0 bridgehead atoms. The van der Waals surface area contributed by atoms with E-state index in [4.69, 9.17) is 0 Å². The number of carbonyl (C=O) groups is 1. The van der Waals surface area contributed by atoms with E-state index >= 15 is 0 Å². The maximum atomic E-state index is 13.3. The molecule has 2 aromatic carbocycles. The topological polar surface area (TPSA) is 57.7 Å². The molecular weight excluding hydrogens is 416 g/mol. The van der Waals surface area contributed by atoms with Crippen LogP contribution in [-0.4, -0.2) is 32.3 Å². The summed E-state index contributed by atoms with van der Waals surface area (Å²) in [5.74, 6) is -0.127. The van der Waals surface area contributed by atoms with Gasteiger partial charge in [0.15, 0.2) is 0 Å². The molecule has 1 unspecified atom stereocenters. The van der Waals surface area contributed by atoms with Crippen molar-refractivity contribution < 1.29 is 13.2 Å². The number of benzene rings is 2. The van der Waals surface area contributed by atoms with Gasteiger partial charge in [0.2, 0.25) is 0 Å². The summed E-state index contributed by atoms with van der Waals surface area (Å²) in [7, 11) is -3.73. The van der Waals surface area contributed by atoms with E-state index in [0.29, 0.717) is 25.1 Å². The molecule has 3 heterocycles. The van der Waals surface area contributed by atoms with Gasteiger partial charge in [0.25, 0.3) is 15.9 Å². The molecule has 0 radical (unpaired) electrons. The summed E-state index contributed by atoms with van der Waals surface area (Å²) in [5, 5.41) is 2.07. The number of thiophene rings is 1. The molecule has 1 aromatic heterocycles. The first kappa shape index (κ1) is 19.3. The van der Waals surface area contributed by atoms with Crippen LogP contribution in [0, 0.1) is 0 Å². The van der Waals surface area contributed by atoms with E-state index in [1.54, 1.807) is 29.5 Å². The fourth-order valence-electron chi connectivity index (χ4n) is 4.43. The Hall–Kier alpha value is -2.64. The van der Waals surface area contributed by atoms with Gasteiger partial charge in [-0.2, -0.15) is 0 Å². The largest absolute Gasteiger partial charge is 0.331 e. The van der Waals surface area contributed by atoms with E-state index in [9.17, 15) is 13.2 Å². The van der Waals surface area contributed by atoms with Crippen LogP contribution in [0.15, 0.2) is 64.9 Å². The summed E-state index contributed by atoms with van der Waals surface area (Å²) in [5.41, 5.74) is 3.36. The quantitative estimate of drug-likeness (QED) is 0.614. The molecule has 5 nitrogen and oxygen atoms in total. The normalized spacial score (nSPS) is 18.2. The maximum absolute atomic E-state index is 13.3. The summed E-state index contributed by atoms with van der Waals surface area (Å²) in [6.45, 7) is 3.10. The number of sulfonamides is 1. The van der Waals surface area contributed by atoms with Gasteiger partial charge in [0, 0.05) is 23.5 Å². The molecular formula is C23H22N2O3S2. The van der Waals surface area contributed by atoms with Gasteiger partial charge in [-0.15, -0.1) is 11.3 Å². The minimum Gasteiger partial charge on any atom is -0.331 e. The summed E-state index contributed by atoms with van der Waals surface area (Å²) in [6.07, 6.45) is 1.54. The number of rotatable bonds is 3. The second-order valence-electron chi connectivity index (χ2n) is 7.71. The number of para-hydroxylation sites is 1. The standard InChI is InChI=1S/C23H22N2O3S2/c1-16-20-11-14-29-22(20)10-12-24(16)23(26)18-6-4-7-19(15-18)30(27,28)25-13-9-17-5-2-3-8-21(17)25/h2-8,11,14-16H,9-10,12-13H2,1H3. The minimum absolute atomic E-state index is 0.0155. The zero-order chi connectivity index (χ0) is 20.9. The van der Waals surface area contributed by atoms with E-state index in [-0.39, 0.29) is 16.8 Å². The molecule has 0 fully saturated rings. The lowest BCUT2D eigenvalue weighted by atomic mass is 10.0. The zero-order valence-electron chi connectivity index (χ0n) is 16.6. The van der Waals surface area contributed by atoms with Crippen molar-refractivity contribution in [2.45, 2.75) is 30.7 Å². The van der Waals surface area contributed by atoms with Gasteiger partial charge in [-0.25, -0.2) is 8.42 Å². The highest BCUT2D eigenvalue weighted by Gasteiger charge is 2.32. The number of carbonyl (C=O) groups excluding carboxylic acids is 1. The molecule has 5 rings (SSSR count). The van der Waals surface area contributed by atoms with Gasteiger partial charge >= 0.3 is 0 Å². The third-order valence-corrected chi connectivity index (χ3v) is 8.86. The number of hydrogen-bond donors (Lipinski definition) is 0. The monoisotopic (exact) mass is 438 g/mol. The fourth-order valence-corrected chi connectivity index (χ4v) is 6.94. The predicted octanol–water partition coefficient (Wildman–Crippen LogP) is 4.26. The van der Waals surface area contributed by atoms with E-state index in [0.717, 1.165) is 17.7 Å². The average molecular weight is 439 g/mol. The van der Waals surface area contributed by atoms with Crippen molar-refractivity contribution >= 4 is 33.0 Å². The van der Waals surface area contributed by atoms with Crippen molar-refractivity contribution in [3.8, 4) is 0 Å². The Labute approximate surface area is 180 Å². The third-order valence-electron chi connectivity index (χ3n) is 6.05. The summed E-state index contributed by atoms with van der Waals surface area (Å²) >= 11 is 1.73. The predicted molar refractivity (Wildman–Crippen MR) is 119 cm³/mol. The van der Waals surface area contributed by atoms with Gasteiger partial charge < -0.3 is 4.90 Å². The van der Waals surface area contributed by atoms with E-state index < -0.39 is 10.0 Å². The Morgan fingerprint density at radius 2 is 1.87 bits per heavy atom. The van der Waals surface area contributed by atoms with Crippen LogP contribution in [0.3, 0.4) is 0 Å². The van der Waals surface area contributed by atoms with Crippen LogP contribution in [0.25, 0.3) is 0 Å². The highest BCUT2D eigenvalue weighted by molar-refractivity contribution is 7.92. The Bertz CT molecular complexity index is 1230. The van der Waals surface area contributed by atoms with Gasteiger partial charge in [-0.1, -0.05) is 24.3 Å². The average Bonchev–Trinajstić information content (AvgIpc) is 3.41. The first-order valence-electron chi connectivity index (χ1n) is 10.0. The number of fused-ring (bicyclic) bond motifs is 2. The van der Waals surface area contributed by atoms with Gasteiger partial charge in [0.1, 0.15) is 0 Å². The van der Waals surface area contributed by atoms with Crippen molar-refractivity contribution in [2.75, 3.05) is 17.4 Å². The van der Waals surface area contributed by atoms with Crippen LogP contribution in [0.1, 0.15) is 39.3 Å². The van der Waals surface area contributed by atoms with Crippen LogP contribution in [0.5, 0.6) is 0 Å². The smallest absolute Gasteiger partial charge is 0.264 e. The molecule has 1 atom stereocenters. The second-order valence-corrected chi connectivity index (χ2v) is 10.6. The van der Waals surface area contributed by atoms with E-state index in [2.05, 4.69) is 11.4 Å². The van der Waals surface area contributed by atoms with Crippen LogP contribution in [0.4, 0.5) is 5.69 Å². The van der Waals surface area contributed by atoms with Crippen LogP contribution >= 0.6 is 11.3 Å². The molecule has 0 saturated carbocycles. The van der Waals surface area contributed by atoms with E-state index in [1.165, 1.54) is 20.8 Å². The Morgan fingerprint density at radius 3 is 2.73 bits per heavy atom. The van der Waals surface area contributed by atoms with Crippen molar-refractivity contribution in [3.05, 3.63) is 81.5 Å². The molecule has 0 saturated heterocycles. The minimum atomic E-state index is -3.73. The molecule has 30 heavy (non-hydrogen) atoms. The maximum Gasteiger partial charge on any atom is 0.264 e. The number of anilines is 1. The van der Waals surface area contributed by atoms with Crippen LogP contribution in [-0.2, 0) is 22.9 Å². The Kier molecular flexibility index (Phi) is 4.67. The SMILES string of the molecule is CC1c2ccsc2CCN1C(=O)c1cccc(S(=O)(=O)N2CCc3ccccc32)c1. The molecule has 7 heteroatoms. The third kappa shape index (κ3) is 3.04. The molecule has 2 aliphatic rings. The summed E-state index contributed by atoms with van der Waals surface area (Å²) in [6, 6.07) is 16.1. The molecule has 0 spiro atoms. The van der Waals surface area contributed by atoms with Gasteiger partial charge in [-0.05, 0) is 66.6 Å². The molecule has 3 aromatic rings. The lowest BCUT2D eigenvalue weighted by Gasteiger charge is -2.33. The second kappa shape index (κ2) is 7.25. The van der Waals surface area contributed by atoms with Crippen molar-refractivity contribution in [2.24, 2.45) is 0 Å². The molecule has 0 aliphatic carbocycles. The highest BCUT2D eigenvalue weighted by atomic mass is 32.2. The Morgan fingerprint density at radius 1 is 1.03 bits per heavy atom. The van der Waals surface area contributed by atoms with Crippen LogP contribution in [0.2, 0.25) is 0 Å². The lowest BCUT2D eigenvalue weighted by Crippen LogP contribution is -2.38. The van der Waals surface area contributed by atoms with Crippen molar-refractivity contribution in [1.82, 2.24) is 4.90 Å². The Balaban J connectivity index is 1.46. The van der Waals surface area contributed by atoms with Gasteiger partial charge in [-0.3, -0.25) is 9.10 Å². The van der Waals surface area contributed by atoms with E-state index in [1.807, 2.05) is 36.1 Å². The molecule has 2 aliphatic heterocycles. The molecule has 0 N–H and O–H groups in total. The van der Waals surface area contributed by atoms with Gasteiger partial charge in [0.05, 0.1) is 16.6 Å². The highest BCUT2D eigenvalue weighted by Crippen LogP contribution is 2.35. The number of amides is 1. The summed E-state index contributed by atoms with van der Waals surface area (Å²) in [4.78, 5) is 16.6. The number of nitrogens with zero attached hydrogens (tertiary/aromatic N) is 2. The fraction of sp³-hybridized carbons (Fsp3) is 0.261. The van der Waals surface area contributed by atoms with Crippen LogP contribution < -0.4 is 4.31 Å². The number of hydrogen-bond acceptors (Lipinski definition) is 4. The van der Waals surface area contributed by atoms with Crippen molar-refractivity contribution in [3.63, 3.8) is 0 Å².